The smallest absolute Gasteiger partial charge is 0.0406 e. The van der Waals surface area contributed by atoms with Gasteiger partial charge >= 0.3 is 0 Å². The number of benzene rings is 1. The molecule has 0 radical (unpaired) electrons. The van der Waals surface area contributed by atoms with Crippen molar-refractivity contribution in [2.75, 3.05) is 6.54 Å². The summed E-state index contributed by atoms with van der Waals surface area (Å²) in [4.78, 5) is 0. The van der Waals surface area contributed by atoms with E-state index in [1.807, 2.05) is 12.1 Å². The van der Waals surface area contributed by atoms with E-state index in [0.717, 1.165) is 11.4 Å². The average molecular weight is 281 g/mol. The molecule has 1 aliphatic rings. The lowest BCUT2D eigenvalue weighted by atomic mass is 10.0. The van der Waals surface area contributed by atoms with Crippen molar-refractivity contribution in [3.8, 4) is 0 Å². The first kappa shape index (κ1) is 14.8. The predicted octanol–water partition coefficient (Wildman–Crippen LogP) is 3.91. The fourth-order valence-electron chi connectivity index (χ4n) is 2.94. The Labute approximate surface area is 121 Å². The van der Waals surface area contributed by atoms with Crippen LogP contribution in [0.4, 0.5) is 0 Å². The van der Waals surface area contributed by atoms with E-state index >= 15 is 0 Å². The maximum Gasteiger partial charge on any atom is 0.0406 e. The summed E-state index contributed by atoms with van der Waals surface area (Å²) in [6, 6.07) is 9.87. The Morgan fingerprint density at radius 1 is 1.37 bits per heavy atom. The molecule has 1 aromatic carbocycles. The number of nitrogens with one attached hydrogen (secondary N) is 2. The van der Waals surface area contributed by atoms with E-state index in [2.05, 4.69) is 36.6 Å². The Morgan fingerprint density at radius 2 is 2.11 bits per heavy atom. The van der Waals surface area contributed by atoms with Crippen molar-refractivity contribution in [3.63, 3.8) is 0 Å². The summed E-state index contributed by atoms with van der Waals surface area (Å²) in [7, 11) is 0. The van der Waals surface area contributed by atoms with Gasteiger partial charge in [-0.2, -0.15) is 0 Å². The van der Waals surface area contributed by atoms with Gasteiger partial charge in [0.2, 0.25) is 0 Å². The largest absolute Gasteiger partial charge is 0.314 e. The third-order valence-electron chi connectivity index (χ3n) is 3.97. The minimum absolute atomic E-state index is 0.425. The van der Waals surface area contributed by atoms with Gasteiger partial charge in [0.1, 0.15) is 0 Å². The van der Waals surface area contributed by atoms with Gasteiger partial charge in [0.05, 0.1) is 0 Å². The molecule has 0 spiro atoms. The molecule has 106 valence electrons. The molecule has 0 bridgehead atoms. The van der Waals surface area contributed by atoms with Crippen LogP contribution in [0.25, 0.3) is 0 Å². The number of rotatable bonds is 6. The maximum absolute atomic E-state index is 5.95. The Morgan fingerprint density at radius 3 is 2.68 bits per heavy atom. The van der Waals surface area contributed by atoms with Crippen LogP contribution in [0.3, 0.4) is 0 Å². The van der Waals surface area contributed by atoms with Gasteiger partial charge in [-0.3, -0.25) is 0 Å². The van der Waals surface area contributed by atoms with Gasteiger partial charge in [-0.05, 0) is 56.8 Å². The highest BCUT2D eigenvalue weighted by Crippen LogP contribution is 2.21. The topological polar surface area (TPSA) is 24.1 Å². The second kappa shape index (κ2) is 7.28. The van der Waals surface area contributed by atoms with E-state index in [1.165, 1.54) is 31.4 Å². The third-order valence-corrected chi connectivity index (χ3v) is 4.22. The summed E-state index contributed by atoms with van der Waals surface area (Å²) in [5.74, 6) is 0. The molecule has 1 aliphatic heterocycles. The zero-order valence-electron chi connectivity index (χ0n) is 12.0. The summed E-state index contributed by atoms with van der Waals surface area (Å²) >= 11 is 5.95. The molecule has 2 nitrogen and oxygen atoms in total. The standard InChI is InChI=1S/C16H25ClN2/c1-3-16(13-6-8-14(17)9-7-13)19-12(2)11-15-5-4-10-18-15/h6-9,12,15-16,18-19H,3-5,10-11H2,1-2H3. The molecule has 1 saturated heterocycles. The fourth-order valence-corrected chi connectivity index (χ4v) is 3.07. The van der Waals surface area contributed by atoms with Gasteiger partial charge in [-0.15, -0.1) is 0 Å². The van der Waals surface area contributed by atoms with E-state index in [-0.39, 0.29) is 0 Å². The molecule has 1 heterocycles. The van der Waals surface area contributed by atoms with Gasteiger partial charge in [0, 0.05) is 23.1 Å². The van der Waals surface area contributed by atoms with Crippen LogP contribution >= 0.6 is 11.6 Å². The molecule has 19 heavy (non-hydrogen) atoms. The second-order valence-corrected chi connectivity index (χ2v) is 6.05. The van der Waals surface area contributed by atoms with E-state index in [1.54, 1.807) is 0 Å². The zero-order chi connectivity index (χ0) is 13.7. The molecule has 1 fully saturated rings. The van der Waals surface area contributed by atoms with Crippen molar-refractivity contribution in [2.24, 2.45) is 0 Å². The van der Waals surface area contributed by atoms with Crippen LogP contribution in [0, 0.1) is 0 Å². The Bertz CT molecular complexity index is 371. The lowest BCUT2D eigenvalue weighted by Gasteiger charge is -2.25. The Hall–Kier alpha value is -0.570. The van der Waals surface area contributed by atoms with Gasteiger partial charge in [0.15, 0.2) is 0 Å². The first-order valence-corrected chi connectivity index (χ1v) is 7.81. The molecule has 0 aliphatic carbocycles. The van der Waals surface area contributed by atoms with Crippen molar-refractivity contribution in [1.82, 2.24) is 10.6 Å². The molecule has 0 saturated carbocycles. The summed E-state index contributed by atoms with van der Waals surface area (Å²) in [5, 5.41) is 8.12. The molecule has 3 atom stereocenters. The van der Waals surface area contributed by atoms with E-state index in [0.29, 0.717) is 18.1 Å². The number of halogens is 1. The van der Waals surface area contributed by atoms with Crippen molar-refractivity contribution in [2.45, 2.75) is 57.7 Å². The molecule has 1 aromatic rings. The zero-order valence-corrected chi connectivity index (χ0v) is 12.7. The monoisotopic (exact) mass is 280 g/mol. The van der Waals surface area contributed by atoms with Crippen LogP contribution in [0.5, 0.6) is 0 Å². The molecule has 2 rings (SSSR count). The van der Waals surface area contributed by atoms with Gasteiger partial charge in [-0.1, -0.05) is 30.7 Å². The quantitative estimate of drug-likeness (QED) is 0.825. The van der Waals surface area contributed by atoms with Crippen LogP contribution in [0.2, 0.25) is 5.02 Å². The van der Waals surface area contributed by atoms with Crippen molar-refractivity contribution < 1.29 is 0 Å². The second-order valence-electron chi connectivity index (χ2n) is 5.61. The molecule has 2 N–H and O–H groups in total. The summed E-state index contributed by atoms with van der Waals surface area (Å²) in [6.45, 7) is 5.71. The molecular weight excluding hydrogens is 256 g/mol. The van der Waals surface area contributed by atoms with E-state index in [4.69, 9.17) is 11.6 Å². The molecule has 0 aromatic heterocycles. The van der Waals surface area contributed by atoms with Crippen molar-refractivity contribution >= 4 is 11.6 Å². The molecule has 0 amide bonds. The molecule has 3 heteroatoms. The summed E-state index contributed by atoms with van der Waals surface area (Å²) in [6.07, 6.45) is 4.96. The van der Waals surface area contributed by atoms with Crippen LogP contribution in [-0.4, -0.2) is 18.6 Å². The van der Waals surface area contributed by atoms with Crippen LogP contribution < -0.4 is 10.6 Å². The van der Waals surface area contributed by atoms with Crippen LogP contribution in [0.15, 0.2) is 24.3 Å². The minimum atomic E-state index is 0.425. The van der Waals surface area contributed by atoms with Crippen LogP contribution in [-0.2, 0) is 0 Å². The number of hydrogen-bond acceptors (Lipinski definition) is 2. The first-order chi connectivity index (χ1) is 9.19. The van der Waals surface area contributed by atoms with Crippen molar-refractivity contribution in [3.05, 3.63) is 34.9 Å². The lowest BCUT2D eigenvalue weighted by Crippen LogP contribution is -2.36. The number of hydrogen-bond donors (Lipinski definition) is 2. The van der Waals surface area contributed by atoms with E-state index in [9.17, 15) is 0 Å². The molecular formula is C16H25ClN2. The van der Waals surface area contributed by atoms with Crippen LogP contribution in [0.1, 0.15) is 51.1 Å². The summed E-state index contributed by atoms with van der Waals surface area (Å²) in [5.41, 5.74) is 1.33. The third kappa shape index (κ3) is 4.48. The lowest BCUT2D eigenvalue weighted by molar-refractivity contribution is 0.389. The minimum Gasteiger partial charge on any atom is -0.314 e. The normalized spacial score (nSPS) is 22.4. The van der Waals surface area contributed by atoms with Crippen molar-refractivity contribution in [1.29, 1.82) is 0 Å². The summed E-state index contributed by atoms with van der Waals surface area (Å²) < 4.78 is 0. The van der Waals surface area contributed by atoms with Gasteiger partial charge < -0.3 is 10.6 Å². The van der Waals surface area contributed by atoms with Gasteiger partial charge in [0.25, 0.3) is 0 Å². The first-order valence-electron chi connectivity index (χ1n) is 7.44. The molecule has 3 unspecified atom stereocenters. The highest BCUT2D eigenvalue weighted by atomic mass is 35.5. The Balaban J connectivity index is 1.88. The highest BCUT2D eigenvalue weighted by molar-refractivity contribution is 6.30. The van der Waals surface area contributed by atoms with E-state index < -0.39 is 0 Å². The SMILES string of the molecule is CCC(NC(C)CC1CCCN1)c1ccc(Cl)cc1. The average Bonchev–Trinajstić information content (AvgIpc) is 2.90. The predicted molar refractivity (Wildman–Crippen MR) is 82.7 cm³/mol. The maximum atomic E-state index is 5.95. The Kier molecular flexibility index (Phi) is 5.68. The fraction of sp³-hybridized carbons (Fsp3) is 0.625. The highest BCUT2D eigenvalue weighted by Gasteiger charge is 2.19. The van der Waals surface area contributed by atoms with Gasteiger partial charge in [-0.25, -0.2) is 0 Å².